The third kappa shape index (κ3) is 46.0. The lowest BCUT2D eigenvalue weighted by Gasteiger charge is -2.25. The van der Waals surface area contributed by atoms with Gasteiger partial charge in [0.05, 0.1) is 34.4 Å². The fourth-order valence-corrected chi connectivity index (χ4v) is 6.11. The zero-order valence-electron chi connectivity index (χ0n) is 40.4. The highest BCUT2D eigenvalue weighted by Crippen LogP contribution is 2.13. The first-order valence-electron chi connectivity index (χ1n) is 24.4. The van der Waals surface area contributed by atoms with Crippen LogP contribution in [0.4, 0.5) is 0 Å². The summed E-state index contributed by atoms with van der Waals surface area (Å²) in [5.41, 5.74) is 0. The van der Waals surface area contributed by atoms with Crippen LogP contribution >= 0.6 is 0 Å². The SMILES string of the molecule is CC/C=C\C/C=C\C/C=C\C/C=C\CCCCCCCCCCC(=O)OC(COC(=O)CCCCCC/C=C\C/C=C\C/C=C\C/C=C\CC)COC(OCC[N+](C)(C)C)C(=O)O. The molecule has 0 spiro atoms. The highest BCUT2D eigenvalue weighted by Gasteiger charge is 2.25. The Kier molecular flexibility index (Phi) is 42.1. The summed E-state index contributed by atoms with van der Waals surface area (Å²) in [7, 11) is 5.94. The van der Waals surface area contributed by atoms with Gasteiger partial charge in [-0.05, 0) is 89.9 Å². The number of aliphatic carboxylic acids is 1. The predicted molar refractivity (Wildman–Crippen MR) is 262 cm³/mol. The number of unbranched alkanes of at least 4 members (excludes halogenated alkanes) is 12. The van der Waals surface area contributed by atoms with Gasteiger partial charge in [0.25, 0.3) is 6.29 Å². The Morgan fingerprint density at radius 3 is 1.27 bits per heavy atom. The standard InChI is InChI=1S/C54H89NO8/c1-6-8-10-12-14-16-18-20-22-24-25-26-27-29-31-33-35-37-39-41-43-45-52(57)63-50(49-62-54(53(58)59)60-47-46-55(3,4)5)48-61-51(56)44-42-40-38-36-34-32-30-28-23-21-19-17-15-13-11-9-7-2/h8-11,14-17,20-23,25-26,30,32,50,54H,6-7,12-13,18-19,24,27-29,31,33-49H2,1-5H3/p+1/b10-8-,11-9-,16-14-,17-15-,22-20-,23-21-,26-25-,32-30-. The first kappa shape index (κ1) is 59.2. The number of esters is 2. The molecule has 0 aliphatic carbocycles. The van der Waals surface area contributed by atoms with Crippen LogP contribution in [0.15, 0.2) is 97.2 Å². The molecule has 9 heteroatoms. The van der Waals surface area contributed by atoms with Crippen molar-refractivity contribution in [3.63, 3.8) is 0 Å². The van der Waals surface area contributed by atoms with Crippen LogP contribution in [0, 0.1) is 0 Å². The van der Waals surface area contributed by atoms with Gasteiger partial charge in [-0.2, -0.15) is 0 Å². The van der Waals surface area contributed by atoms with E-state index in [1.165, 1.54) is 25.7 Å². The van der Waals surface area contributed by atoms with Gasteiger partial charge in [-0.25, -0.2) is 4.79 Å². The third-order valence-corrected chi connectivity index (χ3v) is 9.84. The number of hydrogen-bond donors (Lipinski definition) is 1. The van der Waals surface area contributed by atoms with Crippen LogP contribution in [0.25, 0.3) is 0 Å². The summed E-state index contributed by atoms with van der Waals surface area (Å²) in [5, 5.41) is 9.66. The van der Waals surface area contributed by atoms with E-state index in [0.717, 1.165) is 103 Å². The van der Waals surface area contributed by atoms with Gasteiger partial charge in [0.2, 0.25) is 0 Å². The van der Waals surface area contributed by atoms with E-state index >= 15 is 0 Å². The minimum absolute atomic E-state index is 0.176. The Bertz CT molecular complexity index is 1350. The van der Waals surface area contributed by atoms with Crippen molar-refractivity contribution in [2.75, 3.05) is 47.5 Å². The molecule has 0 rings (SSSR count). The van der Waals surface area contributed by atoms with Gasteiger partial charge in [-0.1, -0.05) is 162 Å². The maximum atomic E-state index is 12.8. The van der Waals surface area contributed by atoms with E-state index in [1.807, 2.05) is 21.1 Å². The summed E-state index contributed by atoms with van der Waals surface area (Å²) in [6.07, 6.45) is 56.1. The number of ether oxygens (including phenoxy) is 4. The molecule has 63 heavy (non-hydrogen) atoms. The number of carboxylic acid groups (broad SMARTS) is 1. The molecule has 0 saturated carbocycles. The largest absolute Gasteiger partial charge is 0.477 e. The number of likely N-dealkylation sites (N-methyl/N-ethyl adjacent to an activating group) is 1. The number of hydrogen-bond acceptors (Lipinski definition) is 7. The highest BCUT2D eigenvalue weighted by atomic mass is 16.7. The molecule has 358 valence electrons. The van der Waals surface area contributed by atoms with Gasteiger partial charge in [0, 0.05) is 12.8 Å². The Labute approximate surface area is 384 Å². The molecule has 0 heterocycles. The lowest BCUT2D eigenvalue weighted by Crippen LogP contribution is -2.40. The van der Waals surface area contributed by atoms with E-state index in [9.17, 15) is 19.5 Å². The monoisotopic (exact) mass is 881 g/mol. The molecule has 0 aliphatic rings. The van der Waals surface area contributed by atoms with Crippen LogP contribution in [0.1, 0.15) is 168 Å². The number of carboxylic acids is 1. The van der Waals surface area contributed by atoms with Crippen molar-refractivity contribution >= 4 is 17.9 Å². The summed E-state index contributed by atoms with van der Waals surface area (Å²) in [4.78, 5) is 37.2. The van der Waals surface area contributed by atoms with Gasteiger partial charge < -0.3 is 28.5 Å². The predicted octanol–water partition coefficient (Wildman–Crippen LogP) is 13.4. The minimum atomic E-state index is -1.52. The lowest BCUT2D eigenvalue weighted by molar-refractivity contribution is -0.870. The molecule has 0 bridgehead atoms. The Balaban J connectivity index is 4.45. The lowest BCUT2D eigenvalue weighted by atomic mass is 10.1. The van der Waals surface area contributed by atoms with Crippen LogP contribution in [-0.2, 0) is 33.3 Å². The van der Waals surface area contributed by atoms with Crippen LogP contribution in [0.2, 0.25) is 0 Å². The van der Waals surface area contributed by atoms with E-state index < -0.39 is 24.3 Å². The van der Waals surface area contributed by atoms with Crippen LogP contribution < -0.4 is 0 Å². The Morgan fingerprint density at radius 1 is 0.476 bits per heavy atom. The molecule has 2 atom stereocenters. The van der Waals surface area contributed by atoms with Crippen LogP contribution in [-0.4, -0.2) is 87.4 Å². The van der Waals surface area contributed by atoms with E-state index in [1.54, 1.807) is 0 Å². The molecule has 0 aromatic heterocycles. The maximum Gasteiger partial charge on any atom is 0.361 e. The molecule has 0 saturated heterocycles. The summed E-state index contributed by atoms with van der Waals surface area (Å²) in [5.74, 6) is -2.06. The first-order valence-corrected chi connectivity index (χ1v) is 24.4. The molecule has 0 radical (unpaired) electrons. The van der Waals surface area contributed by atoms with Gasteiger partial charge >= 0.3 is 17.9 Å². The zero-order valence-corrected chi connectivity index (χ0v) is 40.4. The van der Waals surface area contributed by atoms with Crippen molar-refractivity contribution in [3.05, 3.63) is 97.2 Å². The molecule has 0 fully saturated rings. The minimum Gasteiger partial charge on any atom is -0.477 e. The Morgan fingerprint density at radius 2 is 0.857 bits per heavy atom. The molecular formula is C54H90NO8+. The third-order valence-electron chi connectivity index (χ3n) is 9.84. The number of carbonyl (C=O) groups is 3. The second-order valence-corrected chi connectivity index (χ2v) is 17.0. The first-order chi connectivity index (χ1) is 30.6. The summed E-state index contributed by atoms with van der Waals surface area (Å²) >= 11 is 0. The summed E-state index contributed by atoms with van der Waals surface area (Å²) in [6, 6.07) is 0. The van der Waals surface area contributed by atoms with Crippen molar-refractivity contribution in [2.45, 2.75) is 180 Å². The van der Waals surface area contributed by atoms with E-state index in [2.05, 4.69) is 111 Å². The zero-order chi connectivity index (χ0) is 46.3. The van der Waals surface area contributed by atoms with Crippen molar-refractivity contribution < 1.29 is 42.9 Å². The average Bonchev–Trinajstić information content (AvgIpc) is 3.24. The quantitative estimate of drug-likeness (QED) is 0.0212. The van der Waals surface area contributed by atoms with Crippen molar-refractivity contribution in [2.24, 2.45) is 0 Å². The van der Waals surface area contributed by atoms with Gasteiger partial charge in [0.1, 0.15) is 13.2 Å². The van der Waals surface area contributed by atoms with Gasteiger partial charge in [-0.3, -0.25) is 9.59 Å². The fourth-order valence-electron chi connectivity index (χ4n) is 6.11. The highest BCUT2D eigenvalue weighted by molar-refractivity contribution is 5.71. The molecule has 0 aromatic carbocycles. The molecule has 0 aliphatic heterocycles. The van der Waals surface area contributed by atoms with Crippen LogP contribution in [0.3, 0.4) is 0 Å². The second-order valence-electron chi connectivity index (χ2n) is 17.0. The molecule has 0 amide bonds. The van der Waals surface area contributed by atoms with Crippen molar-refractivity contribution in [1.82, 2.24) is 0 Å². The molecular weight excluding hydrogens is 791 g/mol. The number of nitrogens with zero attached hydrogens (tertiary/aromatic N) is 1. The van der Waals surface area contributed by atoms with Gasteiger partial charge in [-0.15, -0.1) is 0 Å². The summed E-state index contributed by atoms with van der Waals surface area (Å²) < 4.78 is 22.7. The van der Waals surface area contributed by atoms with Crippen molar-refractivity contribution in [1.29, 1.82) is 0 Å². The van der Waals surface area contributed by atoms with E-state index in [0.29, 0.717) is 23.9 Å². The summed E-state index contributed by atoms with van der Waals surface area (Å²) in [6.45, 7) is 4.59. The van der Waals surface area contributed by atoms with E-state index in [4.69, 9.17) is 18.9 Å². The normalized spacial score (nSPS) is 13.7. The number of carbonyl (C=O) groups excluding carboxylic acids is 2. The molecule has 0 aromatic rings. The second kappa shape index (κ2) is 44.8. The fraction of sp³-hybridized carbons (Fsp3) is 0.648. The molecule has 9 nitrogen and oxygen atoms in total. The number of allylic oxidation sites excluding steroid dienone is 16. The number of quaternary nitrogens is 1. The molecule has 1 N–H and O–H groups in total. The maximum absolute atomic E-state index is 12.8. The topological polar surface area (TPSA) is 108 Å². The Hall–Kier alpha value is -3.79. The van der Waals surface area contributed by atoms with Crippen LogP contribution in [0.5, 0.6) is 0 Å². The van der Waals surface area contributed by atoms with E-state index in [-0.39, 0.29) is 38.6 Å². The molecule has 2 unspecified atom stereocenters. The number of rotatable bonds is 43. The van der Waals surface area contributed by atoms with Gasteiger partial charge in [0.15, 0.2) is 6.10 Å². The average molecular weight is 881 g/mol. The smallest absolute Gasteiger partial charge is 0.361 e. The van der Waals surface area contributed by atoms with Crippen molar-refractivity contribution in [3.8, 4) is 0 Å².